The highest BCUT2D eigenvalue weighted by Crippen LogP contribution is 2.33. The highest BCUT2D eigenvalue weighted by atomic mass is 16.5. The number of nitrogens with one attached hydrogen (secondary N) is 1. The maximum atomic E-state index is 11.4. The average molecular weight is 317 g/mol. The molecule has 5 nitrogen and oxygen atoms in total. The maximum Gasteiger partial charge on any atom is 0.219 e. The van der Waals surface area contributed by atoms with Gasteiger partial charge in [0.15, 0.2) is 0 Å². The lowest BCUT2D eigenvalue weighted by Gasteiger charge is -2.35. The molecule has 2 aliphatic rings. The minimum atomic E-state index is -0.148. The molecule has 0 bridgehead atoms. The van der Waals surface area contributed by atoms with E-state index in [0.717, 1.165) is 57.1 Å². The van der Waals surface area contributed by atoms with E-state index in [9.17, 15) is 4.79 Å². The number of piperazine rings is 1. The van der Waals surface area contributed by atoms with Gasteiger partial charge in [0.1, 0.15) is 11.4 Å². The molecule has 0 aliphatic carbocycles. The summed E-state index contributed by atoms with van der Waals surface area (Å²) in [6.45, 7) is 11.4. The Morgan fingerprint density at radius 1 is 1.26 bits per heavy atom. The Bertz CT molecular complexity index is 578. The predicted octanol–water partition coefficient (Wildman–Crippen LogP) is 1.98. The number of hydrogen-bond donors (Lipinski definition) is 1. The molecule has 0 saturated carbocycles. The number of fused-ring (bicyclic) bond motifs is 1. The first-order valence-corrected chi connectivity index (χ1v) is 8.47. The number of carbonyl (C=O) groups excluding carboxylic acids is 1. The van der Waals surface area contributed by atoms with Crippen LogP contribution in [-0.4, -0.2) is 60.6 Å². The lowest BCUT2D eigenvalue weighted by atomic mass is 10.0. The molecule has 3 rings (SSSR count). The number of rotatable bonds is 3. The van der Waals surface area contributed by atoms with Crippen LogP contribution in [-0.2, 0) is 11.2 Å². The smallest absolute Gasteiger partial charge is 0.219 e. The van der Waals surface area contributed by atoms with Crippen molar-refractivity contribution in [2.24, 2.45) is 0 Å². The number of nitrogens with zero attached hydrogens (tertiary/aromatic N) is 2. The fourth-order valence-electron chi connectivity index (χ4n) is 3.18. The number of benzene rings is 1. The van der Waals surface area contributed by atoms with Gasteiger partial charge in [0, 0.05) is 39.6 Å². The van der Waals surface area contributed by atoms with Crippen LogP contribution in [0.4, 0.5) is 5.69 Å². The zero-order valence-electron chi connectivity index (χ0n) is 14.4. The van der Waals surface area contributed by atoms with E-state index in [0.29, 0.717) is 0 Å². The van der Waals surface area contributed by atoms with Gasteiger partial charge in [-0.3, -0.25) is 9.69 Å². The van der Waals surface area contributed by atoms with Crippen molar-refractivity contribution in [1.29, 1.82) is 0 Å². The van der Waals surface area contributed by atoms with E-state index in [4.69, 9.17) is 4.74 Å². The van der Waals surface area contributed by atoms with Crippen LogP contribution in [0.25, 0.3) is 0 Å². The molecule has 1 saturated heterocycles. The van der Waals surface area contributed by atoms with Crippen molar-refractivity contribution in [3.8, 4) is 5.75 Å². The fourth-order valence-corrected chi connectivity index (χ4v) is 3.18. The van der Waals surface area contributed by atoms with Crippen molar-refractivity contribution in [3.05, 3.63) is 23.8 Å². The van der Waals surface area contributed by atoms with Gasteiger partial charge in [-0.15, -0.1) is 0 Å². The molecular formula is C18H27N3O2. The molecule has 0 radical (unpaired) electrons. The SMILES string of the molecule is CC(=O)N1CCN(CCc2ccc3c(c2)NCC(C)(C)O3)CC1. The Morgan fingerprint density at radius 3 is 2.70 bits per heavy atom. The Labute approximate surface area is 138 Å². The Kier molecular flexibility index (Phi) is 4.48. The summed E-state index contributed by atoms with van der Waals surface area (Å²) < 4.78 is 5.99. The third-order valence-electron chi connectivity index (χ3n) is 4.67. The molecule has 1 fully saturated rings. The third-order valence-corrected chi connectivity index (χ3v) is 4.67. The van der Waals surface area contributed by atoms with Crippen LogP contribution in [0.5, 0.6) is 5.75 Å². The van der Waals surface area contributed by atoms with Gasteiger partial charge in [0.25, 0.3) is 0 Å². The molecule has 2 heterocycles. The third kappa shape index (κ3) is 3.96. The van der Waals surface area contributed by atoms with Gasteiger partial charge in [-0.2, -0.15) is 0 Å². The van der Waals surface area contributed by atoms with Crippen LogP contribution in [0, 0.1) is 0 Å². The number of anilines is 1. The highest BCUT2D eigenvalue weighted by Gasteiger charge is 2.26. The fraction of sp³-hybridized carbons (Fsp3) is 0.611. The average Bonchev–Trinajstić information content (AvgIpc) is 2.52. The van der Waals surface area contributed by atoms with E-state index in [1.165, 1.54) is 5.56 Å². The molecule has 1 aromatic rings. The minimum Gasteiger partial charge on any atom is -0.484 e. The zero-order valence-corrected chi connectivity index (χ0v) is 14.4. The molecule has 0 aromatic heterocycles. The molecule has 0 atom stereocenters. The summed E-state index contributed by atoms with van der Waals surface area (Å²) in [5.41, 5.74) is 2.28. The lowest BCUT2D eigenvalue weighted by molar-refractivity contribution is -0.130. The second kappa shape index (κ2) is 6.40. The molecule has 23 heavy (non-hydrogen) atoms. The summed E-state index contributed by atoms with van der Waals surface area (Å²) >= 11 is 0. The van der Waals surface area contributed by atoms with Gasteiger partial charge in [-0.05, 0) is 38.0 Å². The Morgan fingerprint density at radius 2 is 2.00 bits per heavy atom. The van der Waals surface area contributed by atoms with Crippen molar-refractivity contribution >= 4 is 11.6 Å². The van der Waals surface area contributed by atoms with Crippen LogP contribution < -0.4 is 10.1 Å². The van der Waals surface area contributed by atoms with Crippen LogP contribution >= 0.6 is 0 Å². The van der Waals surface area contributed by atoms with Gasteiger partial charge in [-0.25, -0.2) is 0 Å². The molecule has 126 valence electrons. The van der Waals surface area contributed by atoms with Gasteiger partial charge < -0.3 is 15.0 Å². The van der Waals surface area contributed by atoms with Crippen molar-refractivity contribution in [1.82, 2.24) is 9.80 Å². The monoisotopic (exact) mass is 317 g/mol. The van der Waals surface area contributed by atoms with Gasteiger partial charge >= 0.3 is 0 Å². The van der Waals surface area contributed by atoms with Crippen molar-refractivity contribution in [2.45, 2.75) is 32.8 Å². The summed E-state index contributed by atoms with van der Waals surface area (Å²) in [6, 6.07) is 6.44. The predicted molar refractivity (Wildman–Crippen MR) is 92.0 cm³/mol. The van der Waals surface area contributed by atoms with E-state index in [1.807, 2.05) is 4.90 Å². The number of amides is 1. The molecule has 1 N–H and O–H groups in total. The first-order valence-electron chi connectivity index (χ1n) is 8.47. The van der Waals surface area contributed by atoms with E-state index in [2.05, 4.69) is 42.3 Å². The first kappa shape index (κ1) is 16.1. The van der Waals surface area contributed by atoms with E-state index in [1.54, 1.807) is 6.92 Å². The van der Waals surface area contributed by atoms with Crippen molar-refractivity contribution < 1.29 is 9.53 Å². The lowest BCUT2D eigenvalue weighted by Crippen LogP contribution is -2.48. The highest BCUT2D eigenvalue weighted by molar-refractivity contribution is 5.73. The quantitative estimate of drug-likeness (QED) is 0.926. The second-order valence-electron chi connectivity index (χ2n) is 7.14. The second-order valence-corrected chi connectivity index (χ2v) is 7.14. The van der Waals surface area contributed by atoms with Crippen LogP contribution in [0.2, 0.25) is 0 Å². The summed E-state index contributed by atoms with van der Waals surface area (Å²) in [7, 11) is 0. The van der Waals surface area contributed by atoms with Crippen LogP contribution in [0.3, 0.4) is 0 Å². The molecule has 1 aromatic carbocycles. The molecular weight excluding hydrogens is 290 g/mol. The zero-order chi connectivity index (χ0) is 16.4. The van der Waals surface area contributed by atoms with Gasteiger partial charge in [0.2, 0.25) is 5.91 Å². The summed E-state index contributed by atoms with van der Waals surface area (Å²) in [4.78, 5) is 15.7. The minimum absolute atomic E-state index is 0.148. The Balaban J connectivity index is 1.53. The number of hydrogen-bond acceptors (Lipinski definition) is 4. The molecule has 2 aliphatic heterocycles. The molecule has 1 amide bonds. The van der Waals surface area contributed by atoms with Gasteiger partial charge in [-0.1, -0.05) is 6.07 Å². The molecule has 0 unspecified atom stereocenters. The van der Waals surface area contributed by atoms with Crippen LogP contribution in [0.15, 0.2) is 18.2 Å². The Hall–Kier alpha value is -1.75. The molecule has 5 heteroatoms. The van der Waals surface area contributed by atoms with Crippen LogP contribution in [0.1, 0.15) is 26.3 Å². The summed E-state index contributed by atoms with van der Waals surface area (Å²) in [5, 5.41) is 3.47. The maximum absolute atomic E-state index is 11.4. The van der Waals surface area contributed by atoms with E-state index in [-0.39, 0.29) is 11.5 Å². The number of carbonyl (C=O) groups is 1. The van der Waals surface area contributed by atoms with Crippen molar-refractivity contribution in [2.75, 3.05) is 44.6 Å². The topological polar surface area (TPSA) is 44.8 Å². The van der Waals surface area contributed by atoms with E-state index < -0.39 is 0 Å². The normalized spacial score (nSPS) is 20.4. The summed E-state index contributed by atoms with van der Waals surface area (Å²) in [6.07, 6.45) is 1.03. The molecule has 0 spiro atoms. The summed E-state index contributed by atoms with van der Waals surface area (Å²) in [5.74, 6) is 1.13. The standard InChI is InChI=1S/C18H27N3O2/c1-14(22)21-10-8-20(9-11-21)7-6-15-4-5-17-16(12-15)19-13-18(2,3)23-17/h4-5,12,19H,6-11,13H2,1-3H3. The van der Waals surface area contributed by atoms with E-state index >= 15 is 0 Å². The number of ether oxygens (including phenoxy) is 1. The largest absolute Gasteiger partial charge is 0.484 e. The first-order chi connectivity index (χ1) is 10.9. The van der Waals surface area contributed by atoms with Crippen molar-refractivity contribution in [3.63, 3.8) is 0 Å². The van der Waals surface area contributed by atoms with Gasteiger partial charge in [0.05, 0.1) is 12.2 Å².